The van der Waals surface area contributed by atoms with E-state index in [1.165, 1.54) is 10.9 Å². The number of hydrazine groups is 1. The van der Waals surface area contributed by atoms with Crippen LogP contribution in [0.3, 0.4) is 0 Å². The fraction of sp³-hybridized carbons (Fsp3) is 0.100. The zero-order chi connectivity index (χ0) is 13.0. The molecule has 2 rings (SSSR count). The highest BCUT2D eigenvalue weighted by Crippen LogP contribution is 2.12. The molecule has 1 aromatic heterocycles. The Kier molecular flexibility index (Phi) is 3.49. The maximum atomic E-state index is 10.6. The van der Waals surface area contributed by atoms with Crippen LogP contribution < -0.4 is 5.43 Å². The van der Waals surface area contributed by atoms with E-state index in [1.807, 2.05) is 6.07 Å². The van der Waals surface area contributed by atoms with Crippen molar-refractivity contribution in [3.05, 3.63) is 42.5 Å². The maximum Gasteiger partial charge on any atom is 0.274 e. The average Bonchev–Trinajstić information content (AvgIpc) is 2.37. The van der Waals surface area contributed by atoms with E-state index >= 15 is 0 Å². The number of aromatic nitrogens is 2. The standard InChI is InChI=1S/C10H10N4O3S/c15-18(16,17)7-6-14-5-3-9(8-12-14)10-2-1-4-11-13-10/h1-6,8,12H,7H2/p+1. The van der Waals surface area contributed by atoms with Crippen molar-refractivity contribution in [1.82, 2.24) is 15.6 Å². The third-order valence-electron chi connectivity index (χ3n) is 2.13. The van der Waals surface area contributed by atoms with E-state index in [0.29, 0.717) is 5.69 Å². The number of rotatable bonds is 3. The number of allylic oxidation sites excluding steroid dienone is 2. The monoisotopic (exact) mass is 267 g/mol. The second-order valence-corrected chi connectivity index (χ2v) is 4.99. The van der Waals surface area contributed by atoms with Gasteiger partial charge in [-0.2, -0.15) is 24.0 Å². The van der Waals surface area contributed by atoms with Gasteiger partial charge in [0, 0.05) is 17.8 Å². The van der Waals surface area contributed by atoms with Gasteiger partial charge >= 0.3 is 0 Å². The normalized spacial score (nSPS) is 17.4. The first-order chi connectivity index (χ1) is 8.54. The van der Waals surface area contributed by atoms with Gasteiger partial charge in [-0.25, -0.2) is 0 Å². The molecule has 1 aliphatic heterocycles. The highest BCUT2D eigenvalue weighted by atomic mass is 32.2. The van der Waals surface area contributed by atoms with Crippen molar-refractivity contribution in [2.75, 3.05) is 5.75 Å². The molecule has 0 aromatic carbocycles. The lowest BCUT2D eigenvalue weighted by molar-refractivity contribution is -0.507. The zero-order valence-electron chi connectivity index (χ0n) is 9.26. The van der Waals surface area contributed by atoms with Crippen LogP contribution in [0.4, 0.5) is 0 Å². The number of hydrogen-bond donors (Lipinski definition) is 2. The van der Waals surface area contributed by atoms with Gasteiger partial charge in [0.1, 0.15) is 0 Å². The van der Waals surface area contributed by atoms with Crippen molar-refractivity contribution in [1.29, 1.82) is 0 Å². The molecule has 0 saturated carbocycles. The van der Waals surface area contributed by atoms with Crippen molar-refractivity contribution in [2.45, 2.75) is 0 Å². The van der Waals surface area contributed by atoms with E-state index in [1.54, 1.807) is 30.7 Å². The molecule has 0 radical (unpaired) electrons. The van der Waals surface area contributed by atoms with E-state index in [-0.39, 0.29) is 0 Å². The van der Waals surface area contributed by atoms with Crippen molar-refractivity contribution in [3.8, 4) is 0 Å². The lowest BCUT2D eigenvalue weighted by atomic mass is 10.2. The van der Waals surface area contributed by atoms with E-state index < -0.39 is 15.9 Å². The van der Waals surface area contributed by atoms with Gasteiger partial charge in [-0.05, 0) is 12.1 Å². The van der Waals surface area contributed by atoms with Gasteiger partial charge in [0.2, 0.25) is 0 Å². The predicted molar refractivity (Wildman–Crippen MR) is 65.0 cm³/mol. The molecule has 0 amide bonds. The minimum absolute atomic E-state index is 0.460. The van der Waals surface area contributed by atoms with Crippen LogP contribution in [0.1, 0.15) is 5.69 Å². The molecular weight excluding hydrogens is 256 g/mol. The van der Waals surface area contributed by atoms with Crippen LogP contribution in [0.25, 0.3) is 5.57 Å². The van der Waals surface area contributed by atoms with Crippen molar-refractivity contribution in [3.63, 3.8) is 0 Å². The largest absolute Gasteiger partial charge is 0.285 e. The molecule has 0 aliphatic carbocycles. The van der Waals surface area contributed by atoms with Crippen LogP contribution in [0.5, 0.6) is 0 Å². The molecule has 0 fully saturated rings. The molecule has 0 unspecified atom stereocenters. The molecule has 0 atom stereocenters. The second kappa shape index (κ2) is 5.07. The molecular formula is C10H11N4O3S+. The van der Waals surface area contributed by atoms with Crippen LogP contribution in [0, 0.1) is 0 Å². The third kappa shape index (κ3) is 3.47. The summed E-state index contributed by atoms with van der Waals surface area (Å²) in [6, 6.07) is 3.58. The van der Waals surface area contributed by atoms with Crippen LogP contribution in [0.15, 0.2) is 36.8 Å². The Labute approximate surface area is 104 Å². The minimum atomic E-state index is -4.00. The molecule has 1 aromatic rings. The summed E-state index contributed by atoms with van der Waals surface area (Å²) in [5, 5.41) is 7.70. The molecule has 0 spiro atoms. The van der Waals surface area contributed by atoms with Crippen LogP contribution in [-0.2, 0) is 10.1 Å². The first kappa shape index (κ1) is 12.4. The van der Waals surface area contributed by atoms with Gasteiger partial charge in [0.15, 0.2) is 18.2 Å². The SMILES string of the molecule is O=S(=O)(O)CC=[N+]1C=CC(c2cccnn2)=CN1. The van der Waals surface area contributed by atoms with E-state index in [9.17, 15) is 8.42 Å². The molecule has 2 N–H and O–H groups in total. The Balaban J connectivity index is 2.08. The minimum Gasteiger partial charge on any atom is -0.285 e. The van der Waals surface area contributed by atoms with Crippen molar-refractivity contribution < 1.29 is 17.7 Å². The fourth-order valence-electron chi connectivity index (χ4n) is 1.30. The number of hydrazone groups is 1. The molecule has 18 heavy (non-hydrogen) atoms. The molecule has 7 nitrogen and oxygen atoms in total. The van der Waals surface area contributed by atoms with Crippen LogP contribution in [-0.4, -0.2) is 39.8 Å². The smallest absolute Gasteiger partial charge is 0.274 e. The Morgan fingerprint density at radius 3 is 2.89 bits per heavy atom. The van der Waals surface area contributed by atoms with Gasteiger partial charge < -0.3 is 0 Å². The van der Waals surface area contributed by atoms with Gasteiger partial charge in [-0.3, -0.25) is 4.55 Å². The van der Waals surface area contributed by atoms with Gasteiger partial charge in [-0.15, -0.1) is 0 Å². The first-order valence-electron chi connectivity index (χ1n) is 5.04. The molecule has 0 saturated heterocycles. The summed E-state index contributed by atoms with van der Waals surface area (Å²) >= 11 is 0. The number of hydrogen-bond acceptors (Lipinski definition) is 5. The Morgan fingerprint density at radius 2 is 2.33 bits per heavy atom. The predicted octanol–water partition coefficient (Wildman–Crippen LogP) is -0.179. The lowest BCUT2D eigenvalue weighted by Crippen LogP contribution is -2.25. The fourth-order valence-corrected chi connectivity index (χ4v) is 1.65. The van der Waals surface area contributed by atoms with Crippen molar-refractivity contribution in [2.24, 2.45) is 0 Å². The topological polar surface area (TPSA) is 95.2 Å². The van der Waals surface area contributed by atoms with Gasteiger partial charge in [0.25, 0.3) is 10.1 Å². The van der Waals surface area contributed by atoms with Crippen LogP contribution >= 0.6 is 0 Å². The van der Waals surface area contributed by atoms with Gasteiger partial charge in [-0.1, -0.05) is 4.68 Å². The molecule has 8 heteroatoms. The summed E-state index contributed by atoms with van der Waals surface area (Å²) in [5.41, 5.74) is 4.35. The van der Waals surface area contributed by atoms with Crippen molar-refractivity contribution >= 4 is 21.9 Å². The number of nitrogens with zero attached hydrogens (tertiary/aromatic N) is 3. The summed E-state index contributed by atoms with van der Waals surface area (Å²) in [4.78, 5) is 0. The molecule has 94 valence electrons. The highest BCUT2D eigenvalue weighted by molar-refractivity contribution is 7.86. The van der Waals surface area contributed by atoms with E-state index in [2.05, 4.69) is 15.6 Å². The van der Waals surface area contributed by atoms with E-state index in [0.717, 1.165) is 5.57 Å². The molecule has 0 bridgehead atoms. The summed E-state index contributed by atoms with van der Waals surface area (Å²) in [6.45, 7) is 0. The highest BCUT2D eigenvalue weighted by Gasteiger charge is 2.11. The number of nitrogens with one attached hydrogen (secondary N) is 1. The molecule has 1 aliphatic rings. The Hall–Kier alpha value is -2.06. The maximum absolute atomic E-state index is 10.6. The zero-order valence-corrected chi connectivity index (χ0v) is 10.1. The summed E-state index contributed by atoms with van der Waals surface area (Å²) in [5.74, 6) is -0.460. The summed E-state index contributed by atoms with van der Waals surface area (Å²) in [7, 11) is -4.00. The lowest BCUT2D eigenvalue weighted by Gasteiger charge is -2.05. The van der Waals surface area contributed by atoms with Crippen LogP contribution in [0.2, 0.25) is 0 Å². The Morgan fingerprint density at radius 1 is 1.50 bits per heavy atom. The summed E-state index contributed by atoms with van der Waals surface area (Å²) in [6.07, 6.45) is 7.91. The van der Waals surface area contributed by atoms with Gasteiger partial charge in [0.05, 0.1) is 11.9 Å². The average molecular weight is 267 g/mol. The first-order valence-corrected chi connectivity index (χ1v) is 6.65. The molecule has 2 heterocycles. The second-order valence-electron chi connectivity index (χ2n) is 3.49. The quantitative estimate of drug-likeness (QED) is 0.582. The third-order valence-corrected chi connectivity index (χ3v) is 2.70. The van der Waals surface area contributed by atoms with E-state index in [4.69, 9.17) is 4.55 Å². The Bertz CT molecular complexity index is 620. The summed E-state index contributed by atoms with van der Waals surface area (Å²) < 4.78 is 31.2.